The number of benzene rings is 1. The van der Waals surface area contributed by atoms with E-state index in [1.54, 1.807) is 0 Å². The van der Waals surface area contributed by atoms with Crippen molar-refractivity contribution >= 4 is 17.5 Å². The Morgan fingerprint density at radius 1 is 1.00 bits per heavy atom. The third-order valence-corrected chi connectivity index (χ3v) is 6.69. The summed E-state index contributed by atoms with van der Waals surface area (Å²) in [6, 6.07) is 8.47. The summed E-state index contributed by atoms with van der Waals surface area (Å²) in [5.41, 5.74) is 7.67. The molecule has 1 saturated carbocycles. The van der Waals surface area contributed by atoms with Crippen LogP contribution in [-0.2, 0) is 16.0 Å². The summed E-state index contributed by atoms with van der Waals surface area (Å²) in [6.45, 7) is 3.91. The Labute approximate surface area is 161 Å². The molecule has 1 aliphatic carbocycles. The number of fused-ring (bicyclic) bond motifs is 1. The van der Waals surface area contributed by atoms with Crippen molar-refractivity contribution in [3.05, 3.63) is 29.8 Å². The van der Waals surface area contributed by atoms with Crippen LogP contribution < -0.4 is 10.6 Å². The van der Waals surface area contributed by atoms with Crippen molar-refractivity contribution in [1.29, 1.82) is 0 Å². The van der Waals surface area contributed by atoms with Crippen molar-refractivity contribution in [3.8, 4) is 0 Å². The third-order valence-electron chi connectivity index (χ3n) is 6.69. The number of carbonyl (C=O) groups excluding carboxylic acids is 2. The van der Waals surface area contributed by atoms with Gasteiger partial charge in [-0.05, 0) is 37.0 Å². The van der Waals surface area contributed by atoms with Gasteiger partial charge in [0.1, 0.15) is 0 Å². The fourth-order valence-electron chi connectivity index (χ4n) is 5.17. The lowest BCUT2D eigenvalue weighted by atomic mass is 9.88. The molecule has 0 radical (unpaired) electrons. The number of rotatable bonds is 5. The molecule has 2 unspecified atom stereocenters. The molecule has 146 valence electrons. The molecule has 2 amide bonds. The maximum atomic E-state index is 12.8. The SMILES string of the molecule is NC(=O)CCc1cccc(N2CC3CN(C(=O)C4CCCCC4)CC3C2)c1. The molecule has 0 aromatic heterocycles. The molecule has 0 spiro atoms. The molecule has 5 nitrogen and oxygen atoms in total. The number of anilines is 1. The Bertz CT molecular complexity index is 685. The fraction of sp³-hybridized carbons (Fsp3) is 0.636. The summed E-state index contributed by atoms with van der Waals surface area (Å²) in [5, 5.41) is 0. The zero-order valence-corrected chi connectivity index (χ0v) is 16.1. The van der Waals surface area contributed by atoms with Crippen molar-refractivity contribution in [3.63, 3.8) is 0 Å². The lowest BCUT2D eigenvalue weighted by molar-refractivity contribution is -0.135. The molecule has 2 aliphatic heterocycles. The van der Waals surface area contributed by atoms with Crippen LogP contribution in [0.25, 0.3) is 0 Å². The summed E-state index contributed by atoms with van der Waals surface area (Å²) in [7, 11) is 0. The van der Waals surface area contributed by atoms with Gasteiger partial charge in [-0.1, -0.05) is 31.4 Å². The fourth-order valence-corrected chi connectivity index (χ4v) is 5.17. The van der Waals surface area contributed by atoms with Gasteiger partial charge in [0.05, 0.1) is 0 Å². The highest BCUT2D eigenvalue weighted by Crippen LogP contribution is 2.36. The Hall–Kier alpha value is -2.04. The second-order valence-electron chi connectivity index (χ2n) is 8.64. The van der Waals surface area contributed by atoms with Gasteiger partial charge >= 0.3 is 0 Å². The van der Waals surface area contributed by atoms with Gasteiger partial charge in [0.15, 0.2) is 0 Å². The minimum atomic E-state index is -0.251. The van der Waals surface area contributed by atoms with Crippen LogP contribution in [-0.4, -0.2) is 42.9 Å². The van der Waals surface area contributed by atoms with E-state index in [2.05, 4.69) is 34.1 Å². The van der Waals surface area contributed by atoms with Crippen molar-refractivity contribution in [1.82, 2.24) is 4.90 Å². The highest BCUT2D eigenvalue weighted by molar-refractivity contribution is 5.79. The Morgan fingerprint density at radius 2 is 1.70 bits per heavy atom. The first-order chi connectivity index (χ1) is 13.1. The van der Waals surface area contributed by atoms with Crippen LogP contribution in [0.4, 0.5) is 5.69 Å². The number of hydrogen-bond acceptors (Lipinski definition) is 3. The average molecular weight is 370 g/mol. The van der Waals surface area contributed by atoms with E-state index in [4.69, 9.17) is 5.73 Å². The van der Waals surface area contributed by atoms with Gasteiger partial charge in [0.2, 0.25) is 11.8 Å². The van der Waals surface area contributed by atoms with E-state index in [-0.39, 0.29) is 11.8 Å². The van der Waals surface area contributed by atoms with Gasteiger partial charge in [0.25, 0.3) is 0 Å². The van der Waals surface area contributed by atoms with Crippen LogP contribution in [0, 0.1) is 17.8 Å². The van der Waals surface area contributed by atoms with Gasteiger partial charge in [-0.2, -0.15) is 0 Å². The topological polar surface area (TPSA) is 66.6 Å². The summed E-state index contributed by atoms with van der Waals surface area (Å²) in [5.74, 6) is 1.64. The van der Waals surface area contributed by atoms with E-state index in [9.17, 15) is 9.59 Å². The Balaban J connectivity index is 1.34. The van der Waals surface area contributed by atoms with Crippen LogP contribution in [0.1, 0.15) is 44.1 Å². The van der Waals surface area contributed by atoms with E-state index in [1.807, 2.05) is 0 Å². The number of carbonyl (C=O) groups is 2. The van der Waals surface area contributed by atoms with Crippen molar-refractivity contribution in [2.45, 2.75) is 44.9 Å². The molecule has 0 bridgehead atoms. The molecule has 2 atom stereocenters. The van der Waals surface area contributed by atoms with E-state index in [1.165, 1.54) is 24.9 Å². The average Bonchev–Trinajstić information content (AvgIpc) is 3.26. The zero-order chi connectivity index (χ0) is 18.8. The number of nitrogens with two attached hydrogens (primary N) is 1. The van der Waals surface area contributed by atoms with Gasteiger partial charge in [0, 0.05) is 56.0 Å². The highest BCUT2D eigenvalue weighted by Gasteiger charge is 2.42. The van der Waals surface area contributed by atoms with Crippen LogP contribution in [0.3, 0.4) is 0 Å². The molecule has 5 heteroatoms. The summed E-state index contributed by atoms with van der Waals surface area (Å²) < 4.78 is 0. The van der Waals surface area contributed by atoms with Gasteiger partial charge in [-0.3, -0.25) is 9.59 Å². The Kier molecular flexibility index (Phi) is 5.37. The molecule has 2 N–H and O–H groups in total. The molecular formula is C22H31N3O2. The van der Waals surface area contributed by atoms with Crippen molar-refractivity contribution < 1.29 is 9.59 Å². The maximum absolute atomic E-state index is 12.8. The minimum Gasteiger partial charge on any atom is -0.371 e. The number of aryl methyl sites for hydroxylation is 1. The van der Waals surface area contributed by atoms with Gasteiger partial charge < -0.3 is 15.5 Å². The third kappa shape index (κ3) is 4.12. The van der Waals surface area contributed by atoms with Crippen LogP contribution >= 0.6 is 0 Å². The van der Waals surface area contributed by atoms with Crippen LogP contribution in [0.15, 0.2) is 24.3 Å². The molecule has 3 aliphatic rings. The van der Waals surface area contributed by atoms with E-state index in [0.29, 0.717) is 30.6 Å². The second-order valence-corrected chi connectivity index (χ2v) is 8.64. The summed E-state index contributed by atoms with van der Waals surface area (Å²) in [6.07, 6.45) is 7.01. The first-order valence-corrected chi connectivity index (χ1v) is 10.5. The lowest BCUT2D eigenvalue weighted by Crippen LogP contribution is -2.37. The molecule has 2 saturated heterocycles. The smallest absolute Gasteiger partial charge is 0.225 e. The largest absolute Gasteiger partial charge is 0.371 e. The molecule has 4 rings (SSSR count). The summed E-state index contributed by atoms with van der Waals surface area (Å²) >= 11 is 0. The van der Waals surface area contributed by atoms with Gasteiger partial charge in [-0.15, -0.1) is 0 Å². The molecular weight excluding hydrogens is 338 g/mol. The monoisotopic (exact) mass is 369 g/mol. The number of likely N-dealkylation sites (tertiary alicyclic amines) is 1. The maximum Gasteiger partial charge on any atom is 0.225 e. The standard InChI is InChI=1S/C22H31N3O2/c23-21(26)10-9-16-5-4-8-20(11-16)24-12-18-14-25(15-19(18)13-24)22(27)17-6-2-1-3-7-17/h4-5,8,11,17-19H,1-3,6-7,9-10,12-15H2,(H2,23,26). The molecule has 3 fully saturated rings. The predicted octanol–water partition coefficient (Wildman–Crippen LogP) is 2.58. The quantitative estimate of drug-likeness (QED) is 0.867. The van der Waals surface area contributed by atoms with E-state index >= 15 is 0 Å². The molecule has 1 aromatic carbocycles. The summed E-state index contributed by atoms with van der Waals surface area (Å²) in [4.78, 5) is 28.5. The van der Waals surface area contributed by atoms with E-state index < -0.39 is 0 Å². The lowest BCUT2D eigenvalue weighted by Gasteiger charge is -2.28. The minimum absolute atomic E-state index is 0.251. The molecule has 2 heterocycles. The predicted molar refractivity (Wildman–Crippen MR) is 106 cm³/mol. The number of hydrogen-bond donors (Lipinski definition) is 1. The first kappa shape index (κ1) is 18.3. The molecule has 1 aromatic rings. The van der Waals surface area contributed by atoms with Crippen LogP contribution in [0.2, 0.25) is 0 Å². The Morgan fingerprint density at radius 3 is 2.37 bits per heavy atom. The number of amides is 2. The highest BCUT2D eigenvalue weighted by atomic mass is 16.2. The van der Waals surface area contributed by atoms with E-state index in [0.717, 1.165) is 44.6 Å². The number of nitrogens with zero attached hydrogens (tertiary/aromatic N) is 2. The van der Waals surface area contributed by atoms with Gasteiger partial charge in [-0.25, -0.2) is 0 Å². The number of primary amides is 1. The van der Waals surface area contributed by atoms with Crippen molar-refractivity contribution in [2.24, 2.45) is 23.5 Å². The second kappa shape index (κ2) is 7.91. The molecule has 27 heavy (non-hydrogen) atoms. The first-order valence-electron chi connectivity index (χ1n) is 10.5. The normalized spacial score (nSPS) is 25.6. The van der Waals surface area contributed by atoms with Crippen LogP contribution in [0.5, 0.6) is 0 Å². The van der Waals surface area contributed by atoms with Crippen molar-refractivity contribution in [2.75, 3.05) is 31.1 Å². The zero-order valence-electron chi connectivity index (χ0n) is 16.1.